The Morgan fingerprint density at radius 3 is 2.69 bits per heavy atom. The summed E-state index contributed by atoms with van der Waals surface area (Å²) in [6, 6.07) is 14.1. The van der Waals surface area contributed by atoms with Crippen LogP contribution in [0.4, 0.5) is 15.8 Å². The van der Waals surface area contributed by atoms with Gasteiger partial charge in [-0.15, -0.1) is 11.3 Å². The number of nitrogens with zero attached hydrogens (tertiary/aromatic N) is 3. The van der Waals surface area contributed by atoms with E-state index in [1.807, 2.05) is 6.07 Å². The molecule has 1 N–H and O–H groups in total. The van der Waals surface area contributed by atoms with Crippen molar-refractivity contribution in [2.45, 2.75) is 0 Å². The first-order valence-corrected chi connectivity index (χ1v) is 8.28. The monoisotopic (exact) mass is 366 g/mol. The largest absolute Gasteiger partial charge is 0.355 e. The number of anilines is 1. The normalized spacial score (nSPS) is 11.0. The van der Waals surface area contributed by atoms with Crippen molar-refractivity contribution in [1.29, 1.82) is 5.26 Å². The van der Waals surface area contributed by atoms with Crippen LogP contribution in [-0.4, -0.2) is 9.91 Å². The number of nitrogens with one attached hydrogen (secondary N) is 1. The van der Waals surface area contributed by atoms with Crippen LogP contribution in [0.2, 0.25) is 0 Å². The number of para-hydroxylation sites is 2. The van der Waals surface area contributed by atoms with E-state index in [0.717, 1.165) is 5.56 Å². The Balaban J connectivity index is 1.86. The number of hydrogen-bond donors (Lipinski definition) is 1. The number of thiazole rings is 1. The molecule has 26 heavy (non-hydrogen) atoms. The SMILES string of the molecule is N#CC(=CNc1ccccc1[N+](=O)[O-])c1nc(-c2ccc(F)cc2)cs1. The number of halogens is 1. The van der Waals surface area contributed by atoms with E-state index in [2.05, 4.69) is 10.3 Å². The van der Waals surface area contributed by atoms with Crippen LogP contribution in [0.5, 0.6) is 0 Å². The number of benzene rings is 2. The van der Waals surface area contributed by atoms with Gasteiger partial charge in [-0.3, -0.25) is 10.1 Å². The van der Waals surface area contributed by atoms with E-state index in [4.69, 9.17) is 0 Å². The van der Waals surface area contributed by atoms with Gasteiger partial charge in [0.1, 0.15) is 28.2 Å². The summed E-state index contributed by atoms with van der Waals surface area (Å²) >= 11 is 1.26. The highest BCUT2D eigenvalue weighted by atomic mass is 32.1. The molecule has 0 saturated heterocycles. The van der Waals surface area contributed by atoms with Gasteiger partial charge in [-0.1, -0.05) is 12.1 Å². The molecule has 3 aromatic rings. The Labute approximate surface area is 152 Å². The lowest BCUT2D eigenvalue weighted by atomic mass is 10.2. The molecule has 0 amide bonds. The van der Waals surface area contributed by atoms with Gasteiger partial charge in [-0.25, -0.2) is 9.37 Å². The second-order valence-corrected chi connectivity index (χ2v) is 5.99. The highest BCUT2D eigenvalue weighted by Gasteiger charge is 2.13. The molecule has 0 radical (unpaired) electrons. The van der Waals surface area contributed by atoms with Crippen molar-refractivity contribution >= 4 is 28.3 Å². The van der Waals surface area contributed by atoms with Crippen molar-refractivity contribution in [1.82, 2.24) is 4.98 Å². The summed E-state index contributed by atoms with van der Waals surface area (Å²) in [5, 5.41) is 25.4. The Morgan fingerprint density at radius 1 is 1.27 bits per heavy atom. The van der Waals surface area contributed by atoms with Crippen molar-refractivity contribution in [2.75, 3.05) is 5.32 Å². The summed E-state index contributed by atoms with van der Waals surface area (Å²) in [5.41, 5.74) is 1.78. The van der Waals surface area contributed by atoms with Crippen LogP contribution in [0.15, 0.2) is 60.1 Å². The molecule has 0 saturated carbocycles. The molecular weight excluding hydrogens is 355 g/mol. The molecule has 0 unspecified atom stereocenters. The van der Waals surface area contributed by atoms with E-state index in [1.54, 1.807) is 35.7 Å². The van der Waals surface area contributed by atoms with Crippen molar-refractivity contribution in [3.8, 4) is 17.3 Å². The summed E-state index contributed by atoms with van der Waals surface area (Å²) in [5.74, 6) is -0.338. The van der Waals surface area contributed by atoms with Crippen molar-refractivity contribution in [3.63, 3.8) is 0 Å². The van der Waals surface area contributed by atoms with Crippen LogP contribution in [-0.2, 0) is 0 Å². The molecule has 2 aromatic carbocycles. The van der Waals surface area contributed by atoms with Gasteiger partial charge in [-0.05, 0) is 30.3 Å². The van der Waals surface area contributed by atoms with Crippen LogP contribution in [0.3, 0.4) is 0 Å². The maximum Gasteiger partial charge on any atom is 0.292 e. The fourth-order valence-corrected chi connectivity index (χ4v) is 2.99. The molecule has 0 atom stereocenters. The number of rotatable bonds is 5. The molecule has 8 heteroatoms. The third-order valence-corrected chi connectivity index (χ3v) is 4.34. The fraction of sp³-hybridized carbons (Fsp3) is 0. The van der Waals surface area contributed by atoms with Crippen LogP contribution in [0, 0.1) is 27.3 Å². The Bertz CT molecular complexity index is 1020. The van der Waals surface area contributed by atoms with E-state index in [9.17, 15) is 19.8 Å². The summed E-state index contributed by atoms with van der Waals surface area (Å²) < 4.78 is 13.0. The van der Waals surface area contributed by atoms with E-state index in [1.165, 1.54) is 35.7 Å². The summed E-state index contributed by atoms with van der Waals surface area (Å²) in [6.07, 6.45) is 1.38. The molecular formula is C18H11FN4O2S. The predicted molar refractivity (Wildman–Crippen MR) is 97.8 cm³/mol. The molecule has 0 aliphatic carbocycles. The minimum atomic E-state index is -0.502. The third-order valence-electron chi connectivity index (χ3n) is 3.47. The quantitative estimate of drug-likeness (QED) is 0.396. The molecule has 3 rings (SSSR count). The number of nitriles is 1. The van der Waals surface area contributed by atoms with E-state index in [-0.39, 0.29) is 22.8 Å². The first-order valence-electron chi connectivity index (χ1n) is 7.40. The molecule has 0 aliphatic heterocycles. The average Bonchev–Trinajstić information content (AvgIpc) is 3.13. The smallest absolute Gasteiger partial charge is 0.292 e. The van der Waals surface area contributed by atoms with Gasteiger partial charge in [0.05, 0.1) is 10.6 Å². The van der Waals surface area contributed by atoms with Crippen LogP contribution in [0.25, 0.3) is 16.8 Å². The van der Waals surface area contributed by atoms with Crippen LogP contribution < -0.4 is 5.32 Å². The first kappa shape index (κ1) is 17.3. The molecule has 0 spiro atoms. The first-order chi connectivity index (χ1) is 12.6. The predicted octanol–water partition coefficient (Wildman–Crippen LogP) is 4.83. The Kier molecular flexibility index (Phi) is 5.01. The molecule has 128 valence electrons. The number of nitro benzene ring substituents is 1. The standard InChI is InChI=1S/C18H11FN4O2S/c19-14-7-5-12(6-8-14)16-11-26-18(22-16)13(9-20)10-21-15-3-1-2-4-17(15)23(24)25/h1-8,10-11,21H. The molecule has 1 heterocycles. The second-order valence-electron chi connectivity index (χ2n) is 5.13. The van der Waals surface area contributed by atoms with Gasteiger partial charge < -0.3 is 5.32 Å². The number of aromatic nitrogens is 1. The third kappa shape index (κ3) is 3.74. The lowest BCUT2D eigenvalue weighted by molar-refractivity contribution is -0.383. The van der Waals surface area contributed by atoms with E-state index in [0.29, 0.717) is 10.7 Å². The zero-order chi connectivity index (χ0) is 18.5. The second kappa shape index (κ2) is 7.55. The Morgan fingerprint density at radius 2 is 2.00 bits per heavy atom. The van der Waals surface area contributed by atoms with Crippen molar-refractivity contribution < 1.29 is 9.31 Å². The van der Waals surface area contributed by atoms with Crippen LogP contribution in [0.1, 0.15) is 5.01 Å². The van der Waals surface area contributed by atoms with Gasteiger partial charge in [-0.2, -0.15) is 5.26 Å². The molecule has 6 nitrogen and oxygen atoms in total. The minimum Gasteiger partial charge on any atom is -0.355 e. The number of allylic oxidation sites excluding steroid dienone is 1. The van der Waals surface area contributed by atoms with E-state index >= 15 is 0 Å². The maximum atomic E-state index is 13.0. The van der Waals surface area contributed by atoms with Crippen molar-refractivity contribution in [3.05, 3.63) is 81.1 Å². The lowest BCUT2D eigenvalue weighted by Gasteiger charge is -2.02. The highest BCUT2D eigenvalue weighted by molar-refractivity contribution is 7.11. The summed E-state index contributed by atoms with van der Waals surface area (Å²) in [4.78, 5) is 14.9. The lowest BCUT2D eigenvalue weighted by Crippen LogP contribution is -1.96. The van der Waals surface area contributed by atoms with Gasteiger partial charge in [0, 0.05) is 23.2 Å². The minimum absolute atomic E-state index is 0.0906. The van der Waals surface area contributed by atoms with Gasteiger partial charge in [0.25, 0.3) is 5.69 Å². The van der Waals surface area contributed by atoms with Crippen molar-refractivity contribution in [2.24, 2.45) is 0 Å². The number of nitro groups is 1. The van der Waals surface area contributed by atoms with Crippen LogP contribution >= 0.6 is 11.3 Å². The molecule has 1 aromatic heterocycles. The summed E-state index contributed by atoms with van der Waals surface area (Å²) in [6.45, 7) is 0. The zero-order valence-corrected chi connectivity index (χ0v) is 14.0. The van der Waals surface area contributed by atoms with Gasteiger partial charge in [0.15, 0.2) is 0 Å². The molecule has 0 aliphatic rings. The van der Waals surface area contributed by atoms with Gasteiger partial charge >= 0.3 is 0 Å². The highest BCUT2D eigenvalue weighted by Crippen LogP contribution is 2.27. The summed E-state index contributed by atoms with van der Waals surface area (Å²) in [7, 11) is 0. The fourth-order valence-electron chi connectivity index (χ4n) is 2.20. The maximum absolute atomic E-state index is 13.0. The molecule has 0 bridgehead atoms. The molecule has 0 fully saturated rings. The number of hydrogen-bond acceptors (Lipinski definition) is 6. The Hall–Kier alpha value is -3.57. The average molecular weight is 366 g/mol. The van der Waals surface area contributed by atoms with Gasteiger partial charge in [0.2, 0.25) is 0 Å². The zero-order valence-electron chi connectivity index (χ0n) is 13.2. The van der Waals surface area contributed by atoms with E-state index < -0.39 is 4.92 Å². The topological polar surface area (TPSA) is 91.8 Å².